The highest BCUT2D eigenvalue weighted by molar-refractivity contribution is 5.74. The van der Waals surface area contributed by atoms with E-state index < -0.39 is 5.97 Å². The Bertz CT molecular complexity index is 486. The number of carbonyl (C=O) groups excluding carboxylic acids is 1. The van der Waals surface area contributed by atoms with Gasteiger partial charge in [-0.3, -0.25) is 4.79 Å². The third-order valence-electron chi connectivity index (χ3n) is 3.63. The fourth-order valence-corrected chi connectivity index (χ4v) is 2.41. The summed E-state index contributed by atoms with van der Waals surface area (Å²) in [4.78, 5) is 28.4. The standard InChI is InChI=1S/C14H22N4O3/c19-13(20)5-3-1-2-4-6-16-14(21)18-10-9-17-8-7-15-12(17)11-18/h7-8H,1-6,9-11H2,(H,16,21)(H,19,20). The molecule has 2 N–H and O–H groups in total. The number of hydrogen-bond donors (Lipinski definition) is 2. The number of aromatic nitrogens is 2. The topological polar surface area (TPSA) is 87.5 Å². The Morgan fingerprint density at radius 3 is 2.86 bits per heavy atom. The van der Waals surface area contributed by atoms with E-state index >= 15 is 0 Å². The van der Waals surface area contributed by atoms with Crippen LogP contribution in [0, 0.1) is 0 Å². The van der Waals surface area contributed by atoms with E-state index in [1.807, 2.05) is 6.20 Å². The van der Waals surface area contributed by atoms with Gasteiger partial charge in [-0.05, 0) is 12.8 Å². The van der Waals surface area contributed by atoms with Gasteiger partial charge in [-0.15, -0.1) is 0 Å². The normalized spacial score (nSPS) is 13.8. The number of carboxylic acid groups (broad SMARTS) is 1. The van der Waals surface area contributed by atoms with Crippen LogP contribution in [0.4, 0.5) is 4.79 Å². The molecular formula is C14H22N4O3. The minimum absolute atomic E-state index is 0.0465. The quantitative estimate of drug-likeness (QED) is 0.745. The minimum atomic E-state index is -0.744. The van der Waals surface area contributed by atoms with Crippen molar-refractivity contribution in [1.29, 1.82) is 0 Å². The lowest BCUT2D eigenvalue weighted by atomic mass is 10.1. The fourth-order valence-electron chi connectivity index (χ4n) is 2.41. The largest absolute Gasteiger partial charge is 0.481 e. The summed E-state index contributed by atoms with van der Waals surface area (Å²) in [7, 11) is 0. The second-order valence-corrected chi connectivity index (χ2v) is 5.25. The zero-order valence-electron chi connectivity index (χ0n) is 12.1. The van der Waals surface area contributed by atoms with E-state index in [2.05, 4.69) is 14.9 Å². The van der Waals surface area contributed by atoms with Crippen LogP contribution in [-0.2, 0) is 17.9 Å². The van der Waals surface area contributed by atoms with Crippen molar-refractivity contribution in [2.24, 2.45) is 0 Å². The van der Waals surface area contributed by atoms with E-state index in [1.165, 1.54) is 0 Å². The molecule has 21 heavy (non-hydrogen) atoms. The number of fused-ring (bicyclic) bond motifs is 1. The summed E-state index contributed by atoms with van der Waals surface area (Å²) >= 11 is 0. The Kier molecular flexibility index (Phi) is 5.59. The van der Waals surface area contributed by atoms with E-state index in [9.17, 15) is 9.59 Å². The summed E-state index contributed by atoms with van der Waals surface area (Å²) in [5, 5.41) is 11.4. The average molecular weight is 294 g/mol. The van der Waals surface area contributed by atoms with Gasteiger partial charge in [-0.2, -0.15) is 0 Å². The van der Waals surface area contributed by atoms with Gasteiger partial charge in [0.25, 0.3) is 0 Å². The summed E-state index contributed by atoms with van der Waals surface area (Å²) in [5.74, 6) is 0.178. The number of urea groups is 1. The van der Waals surface area contributed by atoms with Crippen molar-refractivity contribution in [2.45, 2.75) is 45.2 Å². The molecule has 0 unspecified atom stereocenters. The summed E-state index contributed by atoms with van der Waals surface area (Å²) in [6.07, 6.45) is 7.34. The van der Waals surface area contributed by atoms with Crippen molar-refractivity contribution >= 4 is 12.0 Å². The number of amides is 2. The number of aliphatic carboxylic acids is 1. The molecule has 7 heteroatoms. The van der Waals surface area contributed by atoms with E-state index in [0.29, 0.717) is 26.1 Å². The summed E-state index contributed by atoms with van der Waals surface area (Å²) in [6.45, 7) is 2.68. The number of rotatable bonds is 7. The van der Waals surface area contributed by atoms with Gasteiger partial charge in [0.15, 0.2) is 0 Å². The van der Waals surface area contributed by atoms with Crippen LogP contribution in [0.1, 0.15) is 37.9 Å². The molecule has 1 aliphatic rings. The summed E-state index contributed by atoms with van der Waals surface area (Å²) in [6, 6.07) is -0.0465. The molecule has 0 spiro atoms. The Labute approximate surface area is 124 Å². The molecule has 7 nitrogen and oxygen atoms in total. The van der Waals surface area contributed by atoms with E-state index in [0.717, 1.165) is 31.6 Å². The van der Waals surface area contributed by atoms with E-state index in [-0.39, 0.29) is 12.5 Å². The first kappa shape index (κ1) is 15.3. The monoisotopic (exact) mass is 294 g/mol. The third-order valence-corrected chi connectivity index (χ3v) is 3.63. The molecule has 2 heterocycles. The van der Waals surface area contributed by atoms with Gasteiger partial charge in [0, 0.05) is 38.4 Å². The summed E-state index contributed by atoms with van der Waals surface area (Å²) < 4.78 is 2.06. The van der Waals surface area contributed by atoms with Crippen molar-refractivity contribution in [2.75, 3.05) is 13.1 Å². The Morgan fingerprint density at radius 2 is 2.05 bits per heavy atom. The highest BCUT2D eigenvalue weighted by Gasteiger charge is 2.20. The van der Waals surface area contributed by atoms with Crippen LogP contribution in [0.5, 0.6) is 0 Å². The number of hydrogen-bond acceptors (Lipinski definition) is 3. The van der Waals surface area contributed by atoms with Gasteiger partial charge in [-0.25, -0.2) is 9.78 Å². The van der Waals surface area contributed by atoms with Crippen LogP contribution in [0.25, 0.3) is 0 Å². The van der Waals surface area contributed by atoms with Gasteiger partial charge in [0.1, 0.15) is 5.82 Å². The second kappa shape index (κ2) is 7.66. The molecule has 1 aliphatic heterocycles. The predicted molar refractivity (Wildman–Crippen MR) is 76.8 cm³/mol. The van der Waals surface area contributed by atoms with Gasteiger partial charge in [0.05, 0.1) is 6.54 Å². The number of nitrogens with one attached hydrogen (secondary N) is 1. The number of imidazole rings is 1. The van der Waals surface area contributed by atoms with Crippen molar-refractivity contribution < 1.29 is 14.7 Å². The molecule has 0 atom stereocenters. The van der Waals surface area contributed by atoms with Gasteiger partial charge in [0.2, 0.25) is 0 Å². The number of nitrogens with zero attached hydrogens (tertiary/aromatic N) is 3. The number of carboxylic acids is 1. The highest BCUT2D eigenvalue weighted by atomic mass is 16.4. The fraction of sp³-hybridized carbons (Fsp3) is 0.643. The first-order valence-electron chi connectivity index (χ1n) is 7.41. The van der Waals surface area contributed by atoms with E-state index in [4.69, 9.17) is 5.11 Å². The molecule has 0 radical (unpaired) electrons. The van der Waals surface area contributed by atoms with Crippen molar-refractivity contribution in [3.8, 4) is 0 Å². The maximum absolute atomic E-state index is 12.0. The SMILES string of the molecule is O=C(O)CCCCCCNC(=O)N1CCn2ccnc2C1. The lowest BCUT2D eigenvalue weighted by Crippen LogP contribution is -2.44. The van der Waals surface area contributed by atoms with Crippen LogP contribution in [-0.4, -0.2) is 44.6 Å². The molecule has 0 bridgehead atoms. The minimum Gasteiger partial charge on any atom is -0.481 e. The maximum atomic E-state index is 12.0. The molecule has 116 valence electrons. The first-order valence-corrected chi connectivity index (χ1v) is 7.41. The smallest absolute Gasteiger partial charge is 0.317 e. The second-order valence-electron chi connectivity index (χ2n) is 5.25. The van der Waals surface area contributed by atoms with Crippen molar-refractivity contribution in [3.63, 3.8) is 0 Å². The zero-order valence-corrected chi connectivity index (χ0v) is 12.1. The van der Waals surface area contributed by atoms with Crippen molar-refractivity contribution in [1.82, 2.24) is 19.8 Å². The Morgan fingerprint density at radius 1 is 1.24 bits per heavy atom. The van der Waals surface area contributed by atoms with Gasteiger partial charge >= 0.3 is 12.0 Å². The van der Waals surface area contributed by atoms with Crippen LogP contribution in [0.15, 0.2) is 12.4 Å². The lowest BCUT2D eigenvalue weighted by Gasteiger charge is -2.27. The molecule has 1 aromatic heterocycles. The van der Waals surface area contributed by atoms with Crippen molar-refractivity contribution in [3.05, 3.63) is 18.2 Å². The van der Waals surface area contributed by atoms with Crippen LogP contribution >= 0.6 is 0 Å². The third kappa shape index (κ3) is 4.77. The highest BCUT2D eigenvalue weighted by Crippen LogP contribution is 2.10. The lowest BCUT2D eigenvalue weighted by molar-refractivity contribution is -0.137. The number of unbranched alkanes of at least 4 members (excludes halogenated alkanes) is 3. The predicted octanol–water partition coefficient (Wildman–Crippen LogP) is 1.44. The number of carbonyl (C=O) groups is 2. The molecule has 2 amide bonds. The zero-order chi connectivity index (χ0) is 15.1. The van der Waals surface area contributed by atoms with Crippen LogP contribution in [0.2, 0.25) is 0 Å². The molecule has 0 aliphatic carbocycles. The molecule has 0 saturated heterocycles. The van der Waals surface area contributed by atoms with Gasteiger partial charge < -0.3 is 19.9 Å². The molecule has 1 aromatic rings. The Hall–Kier alpha value is -2.05. The van der Waals surface area contributed by atoms with Gasteiger partial charge in [-0.1, -0.05) is 12.8 Å². The first-order chi connectivity index (χ1) is 10.2. The Balaban J connectivity index is 1.57. The van der Waals surface area contributed by atoms with E-state index in [1.54, 1.807) is 11.1 Å². The van der Waals surface area contributed by atoms with Crippen LogP contribution in [0.3, 0.4) is 0 Å². The average Bonchev–Trinajstić information content (AvgIpc) is 2.93. The van der Waals surface area contributed by atoms with Crippen LogP contribution < -0.4 is 5.32 Å². The molecular weight excluding hydrogens is 272 g/mol. The summed E-state index contributed by atoms with van der Waals surface area (Å²) in [5.41, 5.74) is 0. The molecule has 0 fully saturated rings. The molecule has 2 rings (SSSR count). The maximum Gasteiger partial charge on any atom is 0.317 e. The molecule has 0 aromatic carbocycles. The molecule has 0 saturated carbocycles.